The minimum absolute atomic E-state index is 0.0691. The van der Waals surface area contributed by atoms with Gasteiger partial charge in [-0.05, 0) is 28.7 Å². The van der Waals surface area contributed by atoms with E-state index in [1.54, 1.807) is 0 Å². The molecule has 0 aliphatic heterocycles. The Bertz CT molecular complexity index is 852. The Kier molecular flexibility index (Phi) is 9.11. The lowest BCUT2D eigenvalue weighted by atomic mass is 9.98. The number of rotatable bonds is 13. The Morgan fingerprint density at radius 3 is 2.16 bits per heavy atom. The van der Waals surface area contributed by atoms with Crippen LogP contribution in [0.1, 0.15) is 62.5 Å². The zero-order chi connectivity index (χ0) is 22.8. The van der Waals surface area contributed by atoms with Crippen LogP contribution in [-0.2, 0) is 14.3 Å². The molecule has 0 saturated heterocycles. The summed E-state index contributed by atoms with van der Waals surface area (Å²) in [6.45, 7) is 2.74. The van der Waals surface area contributed by atoms with Gasteiger partial charge in [-0.15, -0.1) is 0 Å². The molecule has 1 aliphatic rings. The summed E-state index contributed by atoms with van der Waals surface area (Å²) >= 11 is 0. The summed E-state index contributed by atoms with van der Waals surface area (Å²) in [5.41, 5.74) is 4.50. The van der Waals surface area contributed by atoms with Crippen molar-refractivity contribution in [3.63, 3.8) is 0 Å². The summed E-state index contributed by atoms with van der Waals surface area (Å²) in [6, 6.07) is 15.0. The van der Waals surface area contributed by atoms with Crippen LogP contribution in [-0.4, -0.2) is 43.0 Å². The standard InChI is InChI=1S/C26H33NO5/c1-2-3-4-5-6-11-16-31-18-24(25(28)29)27-26(30)32-17-23-21-14-9-7-12-19(21)20-13-8-10-15-22(20)23/h7-10,12-15,23-24H,2-6,11,16-18H2,1H3,(H,27,30)(H,28,29)/t24-/m0/s1. The van der Waals surface area contributed by atoms with E-state index in [1.165, 1.54) is 19.3 Å². The number of nitrogens with one attached hydrogen (secondary N) is 1. The van der Waals surface area contributed by atoms with Crippen molar-refractivity contribution in [3.8, 4) is 11.1 Å². The van der Waals surface area contributed by atoms with E-state index in [0.717, 1.165) is 41.5 Å². The van der Waals surface area contributed by atoms with Crippen molar-refractivity contribution < 1.29 is 24.2 Å². The van der Waals surface area contributed by atoms with Gasteiger partial charge in [0, 0.05) is 12.5 Å². The molecule has 32 heavy (non-hydrogen) atoms. The first-order chi connectivity index (χ1) is 15.6. The smallest absolute Gasteiger partial charge is 0.407 e. The summed E-state index contributed by atoms with van der Waals surface area (Å²) in [4.78, 5) is 23.8. The van der Waals surface area contributed by atoms with E-state index in [9.17, 15) is 14.7 Å². The second-order valence-electron chi connectivity index (χ2n) is 8.20. The number of unbranched alkanes of at least 4 members (excludes halogenated alkanes) is 5. The first kappa shape index (κ1) is 23.8. The highest BCUT2D eigenvalue weighted by Crippen LogP contribution is 2.44. The van der Waals surface area contributed by atoms with Gasteiger partial charge in [0.05, 0.1) is 6.61 Å². The van der Waals surface area contributed by atoms with Crippen LogP contribution in [0.15, 0.2) is 48.5 Å². The molecule has 172 valence electrons. The normalized spacial score (nSPS) is 13.3. The van der Waals surface area contributed by atoms with Crippen LogP contribution in [0, 0.1) is 0 Å². The van der Waals surface area contributed by atoms with Gasteiger partial charge in [0.2, 0.25) is 0 Å². The molecule has 6 nitrogen and oxygen atoms in total. The van der Waals surface area contributed by atoms with Crippen molar-refractivity contribution in [1.82, 2.24) is 5.32 Å². The molecular weight excluding hydrogens is 406 g/mol. The van der Waals surface area contributed by atoms with Gasteiger partial charge in [-0.1, -0.05) is 87.6 Å². The topological polar surface area (TPSA) is 84.9 Å². The van der Waals surface area contributed by atoms with Gasteiger partial charge in [0.15, 0.2) is 6.04 Å². The summed E-state index contributed by atoms with van der Waals surface area (Å²) in [5, 5.41) is 11.8. The largest absolute Gasteiger partial charge is 0.480 e. The van der Waals surface area contributed by atoms with Crippen LogP contribution in [0.25, 0.3) is 11.1 Å². The fraction of sp³-hybridized carbons (Fsp3) is 0.462. The monoisotopic (exact) mass is 439 g/mol. The highest BCUT2D eigenvalue weighted by Gasteiger charge is 2.29. The van der Waals surface area contributed by atoms with Crippen LogP contribution < -0.4 is 5.32 Å². The fourth-order valence-corrected chi connectivity index (χ4v) is 4.14. The Labute approximate surface area is 189 Å². The second kappa shape index (κ2) is 12.2. The molecule has 0 saturated carbocycles. The van der Waals surface area contributed by atoms with Crippen LogP contribution in [0.2, 0.25) is 0 Å². The Hall–Kier alpha value is -2.86. The number of hydrogen-bond acceptors (Lipinski definition) is 4. The number of carboxylic acids is 1. The van der Waals surface area contributed by atoms with Gasteiger partial charge in [0.1, 0.15) is 6.61 Å². The third-order valence-corrected chi connectivity index (χ3v) is 5.86. The molecule has 0 fully saturated rings. The quantitative estimate of drug-likeness (QED) is 0.411. The van der Waals surface area contributed by atoms with Crippen LogP contribution in [0.4, 0.5) is 4.79 Å². The molecule has 0 heterocycles. The van der Waals surface area contributed by atoms with Gasteiger partial charge in [-0.3, -0.25) is 0 Å². The molecule has 0 radical (unpaired) electrons. The SMILES string of the molecule is CCCCCCCCOC[C@H](NC(=O)OCC1c2ccccc2-c2ccccc21)C(=O)O. The van der Waals surface area contributed by atoms with Gasteiger partial charge in [0.25, 0.3) is 0 Å². The zero-order valence-electron chi connectivity index (χ0n) is 18.7. The maximum Gasteiger partial charge on any atom is 0.407 e. The van der Waals surface area contributed by atoms with Gasteiger partial charge < -0.3 is 19.9 Å². The first-order valence-corrected chi connectivity index (χ1v) is 11.5. The molecule has 0 bridgehead atoms. The van der Waals surface area contributed by atoms with Gasteiger partial charge >= 0.3 is 12.1 Å². The number of carbonyl (C=O) groups is 2. The summed E-state index contributed by atoms with van der Waals surface area (Å²) in [7, 11) is 0. The second-order valence-corrected chi connectivity index (χ2v) is 8.20. The average Bonchev–Trinajstić information content (AvgIpc) is 3.12. The van der Waals surface area contributed by atoms with E-state index in [2.05, 4.69) is 24.4 Å². The predicted molar refractivity (Wildman–Crippen MR) is 124 cm³/mol. The third kappa shape index (κ3) is 6.33. The maximum atomic E-state index is 12.3. The molecule has 2 aromatic carbocycles. The maximum absolute atomic E-state index is 12.3. The Morgan fingerprint density at radius 1 is 0.938 bits per heavy atom. The molecule has 1 amide bonds. The van der Waals surface area contributed by atoms with Crippen molar-refractivity contribution in [2.75, 3.05) is 19.8 Å². The molecule has 0 spiro atoms. The summed E-state index contributed by atoms with van der Waals surface area (Å²) in [6.07, 6.45) is 6.04. The van der Waals surface area contributed by atoms with Crippen molar-refractivity contribution in [2.45, 2.75) is 57.4 Å². The highest BCUT2D eigenvalue weighted by atomic mass is 16.5. The lowest BCUT2D eigenvalue weighted by Crippen LogP contribution is -2.44. The van der Waals surface area contributed by atoms with E-state index in [1.807, 2.05) is 36.4 Å². The fourth-order valence-electron chi connectivity index (χ4n) is 4.14. The van der Waals surface area contributed by atoms with E-state index in [4.69, 9.17) is 9.47 Å². The highest BCUT2D eigenvalue weighted by molar-refractivity contribution is 5.81. The molecule has 1 aliphatic carbocycles. The average molecular weight is 440 g/mol. The lowest BCUT2D eigenvalue weighted by molar-refractivity contribution is -0.141. The number of alkyl carbamates (subject to hydrolysis) is 1. The third-order valence-electron chi connectivity index (χ3n) is 5.86. The Balaban J connectivity index is 1.45. The van der Waals surface area contributed by atoms with Crippen molar-refractivity contribution in [3.05, 3.63) is 59.7 Å². The summed E-state index contributed by atoms with van der Waals surface area (Å²) < 4.78 is 10.9. The van der Waals surface area contributed by atoms with Crippen LogP contribution in [0.5, 0.6) is 0 Å². The zero-order valence-corrected chi connectivity index (χ0v) is 18.7. The van der Waals surface area contributed by atoms with Crippen molar-refractivity contribution in [2.24, 2.45) is 0 Å². The summed E-state index contributed by atoms with van der Waals surface area (Å²) in [5.74, 6) is -1.21. The van der Waals surface area contributed by atoms with Crippen LogP contribution in [0.3, 0.4) is 0 Å². The van der Waals surface area contributed by atoms with Crippen molar-refractivity contribution >= 4 is 12.1 Å². The number of hydrogen-bond donors (Lipinski definition) is 2. The minimum atomic E-state index is -1.14. The molecule has 2 aromatic rings. The molecule has 2 N–H and O–H groups in total. The molecular formula is C26H33NO5. The number of ether oxygens (including phenoxy) is 2. The molecule has 1 atom stereocenters. The number of carboxylic acid groups (broad SMARTS) is 1. The van der Waals surface area contributed by atoms with Crippen LogP contribution >= 0.6 is 0 Å². The number of benzene rings is 2. The number of carbonyl (C=O) groups excluding carboxylic acids is 1. The number of fused-ring (bicyclic) bond motifs is 3. The molecule has 3 rings (SSSR count). The number of aliphatic carboxylic acids is 1. The van der Waals surface area contributed by atoms with E-state index in [0.29, 0.717) is 6.61 Å². The number of amides is 1. The van der Waals surface area contributed by atoms with Crippen molar-refractivity contribution in [1.29, 1.82) is 0 Å². The molecule has 0 aromatic heterocycles. The van der Waals surface area contributed by atoms with E-state index >= 15 is 0 Å². The predicted octanol–water partition coefficient (Wildman–Crippen LogP) is 5.36. The van der Waals surface area contributed by atoms with E-state index in [-0.39, 0.29) is 19.1 Å². The molecule has 0 unspecified atom stereocenters. The Morgan fingerprint density at radius 2 is 1.53 bits per heavy atom. The minimum Gasteiger partial charge on any atom is -0.480 e. The van der Waals surface area contributed by atoms with E-state index < -0.39 is 18.1 Å². The van der Waals surface area contributed by atoms with Gasteiger partial charge in [-0.25, -0.2) is 9.59 Å². The first-order valence-electron chi connectivity index (χ1n) is 11.5. The lowest BCUT2D eigenvalue weighted by Gasteiger charge is -2.17. The molecule has 6 heteroatoms. The van der Waals surface area contributed by atoms with Gasteiger partial charge in [-0.2, -0.15) is 0 Å².